The van der Waals surface area contributed by atoms with Crippen LogP contribution in [-0.2, 0) is 0 Å². The first-order valence-electron chi connectivity index (χ1n) is 7.17. The van der Waals surface area contributed by atoms with Crippen molar-refractivity contribution in [3.8, 4) is 6.07 Å². The normalized spacial score (nSPS) is 18.7. The van der Waals surface area contributed by atoms with E-state index in [1.54, 1.807) is 12.1 Å². The predicted molar refractivity (Wildman–Crippen MR) is 75.1 cm³/mol. The number of anilines is 1. The Morgan fingerprint density at radius 1 is 1.36 bits per heavy atom. The van der Waals surface area contributed by atoms with Crippen molar-refractivity contribution < 1.29 is 13.2 Å². The summed E-state index contributed by atoms with van der Waals surface area (Å²) in [4.78, 5) is 1.45. The first kappa shape index (κ1) is 16.5. The maximum atomic E-state index is 12.4. The minimum atomic E-state index is -4.13. The zero-order valence-corrected chi connectivity index (χ0v) is 12.3. The van der Waals surface area contributed by atoms with Gasteiger partial charge in [0.25, 0.3) is 0 Å². The van der Waals surface area contributed by atoms with Crippen LogP contribution in [0.2, 0.25) is 0 Å². The van der Waals surface area contributed by atoms with E-state index in [1.165, 1.54) is 4.90 Å². The molecular formula is C14H18F3N5. The molecule has 5 nitrogen and oxygen atoms in total. The van der Waals surface area contributed by atoms with E-state index in [0.29, 0.717) is 37.7 Å². The lowest BCUT2D eigenvalue weighted by Crippen LogP contribution is -2.43. The van der Waals surface area contributed by atoms with E-state index in [9.17, 15) is 13.2 Å². The summed E-state index contributed by atoms with van der Waals surface area (Å²) in [6.45, 7) is 2.07. The molecule has 1 saturated heterocycles. The predicted octanol–water partition coefficient (Wildman–Crippen LogP) is 2.42. The molecule has 22 heavy (non-hydrogen) atoms. The molecule has 0 aromatic carbocycles. The number of rotatable bonds is 4. The van der Waals surface area contributed by atoms with E-state index in [4.69, 9.17) is 5.26 Å². The zero-order valence-electron chi connectivity index (χ0n) is 12.3. The number of nitrogens with zero attached hydrogens (tertiary/aromatic N) is 4. The lowest BCUT2D eigenvalue weighted by Gasteiger charge is -2.35. The first-order valence-corrected chi connectivity index (χ1v) is 7.17. The van der Waals surface area contributed by atoms with Gasteiger partial charge in [0.15, 0.2) is 5.69 Å². The molecule has 0 aliphatic carbocycles. The standard InChI is InChI=1S/C14H18F3N5/c1-10(19-13-3-2-12(8-18)20-21-13)11-4-6-22(7-5-11)9-14(15,16)17/h2-3,10-11H,4-7,9H2,1H3,(H,19,21). The number of halogens is 3. The van der Waals surface area contributed by atoms with Crippen LogP contribution >= 0.6 is 0 Å². The Hall–Kier alpha value is -1.88. The van der Waals surface area contributed by atoms with E-state index < -0.39 is 12.7 Å². The Labute approximate surface area is 127 Å². The molecule has 0 amide bonds. The van der Waals surface area contributed by atoms with Gasteiger partial charge in [-0.25, -0.2) is 0 Å². The molecule has 0 saturated carbocycles. The van der Waals surface area contributed by atoms with E-state index in [-0.39, 0.29) is 11.7 Å². The molecule has 1 aromatic heterocycles. The number of aromatic nitrogens is 2. The highest BCUT2D eigenvalue weighted by atomic mass is 19.4. The van der Waals surface area contributed by atoms with Gasteiger partial charge in [0, 0.05) is 6.04 Å². The van der Waals surface area contributed by atoms with Crippen molar-refractivity contribution in [3.05, 3.63) is 17.8 Å². The topological polar surface area (TPSA) is 64.8 Å². The summed E-state index contributed by atoms with van der Waals surface area (Å²) in [6.07, 6.45) is -2.70. The van der Waals surface area contributed by atoms with E-state index in [0.717, 1.165) is 0 Å². The van der Waals surface area contributed by atoms with Crippen LogP contribution in [0.1, 0.15) is 25.5 Å². The summed E-state index contributed by atoms with van der Waals surface area (Å²) in [7, 11) is 0. The van der Waals surface area contributed by atoms with Gasteiger partial charge in [0.2, 0.25) is 0 Å². The first-order chi connectivity index (χ1) is 10.4. The van der Waals surface area contributed by atoms with Gasteiger partial charge in [0.05, 0.1) is 6.54 Å². The number of nitriles is 1. The molecule has 8 heteroatoms. The number of hydrogen-bond acceptors (Lipinski definition) is 5. The Morgan fingerprint density at radius 3 is 2.55 bits per heavy atom. The van der Waals surface area contributed by atoms with Crippen molar-refractivity contribution in [1.29, 1.82) is 5.26 Å². The monoisotopic (exact) mass is 313 g/mol. The van der Waals surface area contributed by atoms with Gasteiger partial charge < -0.3 is 5.32 Å². The summed E-state index contributed by atoms with van der Waals surface area (Å²) >= 11 is 0. The van der Waals surface area contributed by atoms with Gasteiger partial charge in [-0.3, -0.25) is 4.90 Å². The summed E-state index contributed by atoms with van der Waals surface area (Å²) in [6, 6.07) is 5.25. The van der Waals surface area contributed by atoms with Gasteiger partial charge in [-0.2, -0.15) is 18.4 Å². The summed E-state index contributed by atoms with van der Waals surface area (Å²) in [5.74, 6) is 0.867. The van der Waals surface area contributed by atoms with Crippen LogP contribution in [0.4, 0.5) is 19.0 Å². The summed E-state index contributed by atoms with van der Waals surface area (Å²) in [5, 5.41) is 19.5. The van der Waals surface area contributed by atoms with Crippen molar-refractivity contribution in [2.24, 2.45) is 5.92 Å². The smallest absolute Gasteiger partial charge is 0.366 e. The van der Waals surface area contributed by atoms with Crippen LogP contribution in [0, 0.1) is 17.2 Å². The molecule has 2 heterocycles. The second kappa shape index (κ2) is 6.92. The van der Waals surface area contributed by atoms with Crippen molar-refractivity contribution in [2.75, 3.05) is 25.0 Å². The fourth-order valence-corrected chi connectivity index (χ4v) is 2.68. The third-order valence-corrected chi connectivity index (χ3v) is 3.90. The van der Waals surface area contributed by atoms with Crippen molar-refractivity contribution in [2.45, 2.75) is 32.0 Å². The summed E-state index contributed by atoms with van der Waals surface area (Å²) < 4.78 is 37.1. The molecule has 0 radical (unpaired) electrons. The second-order valence-corrected chi connectivity index (χ2v) is 5.58. The Balaban J connectivity index is 1.82. The fourth-order valence-electron chi connectivity index (χ4n) is 2.68. The van der Waals surface area contributed by atoms with Gasteiger partial charge in [-0.15, -0.1) is 10.2 Å². The highest BCUT2D eigenvalue weighted by Gasteiger charge is 2.33. The zero-order chi connectivity index (χ0) is 16.2. The van der Waals surface area contributed by atoms with E-state index >= 15 is 0 Å². The molecule has 0 spiro atoms. The molecule has 1 aliphatic rings. The van der Waals surface area contributed by atoms with Crippen LogP contribution in [0.25, 0.3) is 0 Å². The molecule has 1 N–H and O–H groups in total. The molecule has 120 valence electrons. The van der Waals surface area contributed by atoms with Crippen molar-refractivity contribution in [3.63, 3.8) is 0 Å². The fraction of sp³-hybridized carbons (Fsp3) is 0.643. The van der Waals surface area contributed by atoms with Crippen LogP contribution in [-0.4, -0.2) is 46.9 Å². The lowest BCUT2D eigenvalue weighted by atomic mass is 9.90. The molecule has 1 atom stereocenters. The number of hydrogen-bond donors (Lipinski definition) is 1. The molecular weight excluding hydrogens is 295 g/mol. The van der Waals surface area contributed by atoms with Crippen LogP contribution in [0.3, 0.4) is 0 Å². The quantitative estimate of drug-likeness (QED) is 0.925. The molecule has 1 unspecified atom stereocenters. The highest BCUT2D eigenvalue weighted by molar-refractivity contribution is 5.36. The van der Waals surface area contributed by atoms with Crippen molar-refractivity contribution in [1.82, 2.24) is 15.1 Å². The second-order valence-electron chi connectivity index (χ2n) is 5.58. The SMILES string of the molecule is CC(Nc1ccc(C#N)nn1)C1CCN(CC(F)(F)F)CC1. The summed E-state index contributed by atoms with van der Waals surface area (Å²) in [5.41, 5.74) is 0.249. The molecule has 1 aliphatic heterocycles. The Morgan fingerprint density at radius 2 is 2.05 bits per heavy atom. The van der Waals surface area contributed by atoms with Gasteiger partial charge in [-0.1, -0.05) is 0 Å². The maximum Gasteiger partial charge on any atom is 0.401 e. The van der Waals surface area contributed by atoms with E-state index in [2.05, 4.69) is 15.5 Å². The minimum Gasteiger partial charge on any atom is -0.366 e. The number of piperidine rings is 1. The Bertz CT molecular complexity index is 515. The molecule has 2 rings (SSSR count). The van der Waals surface area contributed by atoms with Gasteiger partial charge in [0.1, 0.15) is 11.9 Å². The minimum absolute atomic E-state index is 0.0928. The molecule has 0 bridgehead atoms. The van der Waals surface area contributed by atoms with E-state index in [1.807, 2.05) is 13.0 Å². The third kappa shape index (κ3) is 4.84. The maximum absolute atomic E-state index is 12.4. The largest absolute Gasteiger partial charge is 0.401 e. The molecule has 1 fully saturated rings. The average Bonchev–Trinajstić information content (AvgIpc) is 2.47. The van der Waals surface area contributed by atoms with Crippen LogP contribution in [0.15, 0.2) is 12.1 Å². The molecule has 1 aromatic rings. The number of alkyl halides is 3. The number of likely N-dealkylation sites (tertiary alicyclic amines) is 1. The lowest BCUT2D eigenvalue weighted by molar-refractivity contribution is -0.148. The van der Waals surface area contributed by atoms with Crippen molar-refractivity contribution >= 4 is 5.82 Å². The van der Waals surface area contributed by atoms with Crippen LogP contribution in [0.5, 0.6) is 0 Å². The Kier molecular flexibility index (Phi) is 5.19. The highest BCUT2D eigenvalue weighted by Crippen LogP contribution is 2.25. The van der Waals surface area contributed by atoms with Gasteiger partial charge >= 0.3 is 6.18 Å². The van der Waals surface area contributed by atoms with Gasteiger partial charge in [-0.05, 0) is 50.9 Å². The van der Waals surface area contributed by atoms with Crippen LogP contribution < -0.4 is 5.32 Å². The number of nitrogens with one attached hydrogen (secondary N) is 1. The third-order valence-electron chi connectivity index (χ3n) is 3.90. The average molecular weight is 313 g/mol.